The van der Waals surface area contributed by atoms with Gasteiger partial charge in [0.2, 0.25) is 0 Å². The Morgan fingerprint density at radius 2 is 1.95 bits per heavy atom. The maximum atomic E-state index is 11.2. The highest BCUT2D eigenvalue weighted by Crippen LogP contribution is 2.24. The number of aromatic nitrogens is 2. The van der Waals surface area contributed by atoms with E-state index < -0.39 is 5.97 Å². The van der Waals surface area contributed by atoms with Crippen molar-refractivity contribution in [1.82, 2.24) is 9.55 Å². The van der Waals surface area contributed by atoms with Crippen LogP contribution in [0.25, 0.3) is 11.3 Å². The minimum absolute atomic E-state index is 0.107. The molecule has 0 amide bonds. The molecule has 19 heavy (non-hydrogen) atoms. The Morgan fingerprint density at radius 3 is 2.47 bits per heavy atom. The molecule has 5 nitrogen and oxygen atoms in total. The second-order valence-electron chi connectivity index (χ2n) is 4.55. The molecule has 100 valence electrons. The van der Waals surface area contributed by atoms with Gasteiger partial charge in [-0.3, -0.25) is 0 Å². The van der Waals surface area contributed by atoms with Crippen molar-refractivity contribution in [2.45, 2.75) is 20.0 Å². The summed E-state index contributed by atoms with van der Waals surface area (Å²) < 4.78 is 7.04. The number of rotatable bonds is 4. The third-order valence-corrected chi connectivity index (χ3v) is 2.64. The van der Waals surface area contributed by atoms with Gasteiger partial charge in [0.25, 0.3) is 0 Å². The van der Waals surface area contributed by atoms with Gasteiger partial charge in [0, 0.05) is 12.6 Å². The molecule has 5 heteroatoms. The zero-order valence-electron chi connectivity index (χ0n) is 11.1. The Kier molecular flexibility index (Phi) is 3.55. The number of ether oxygens (including phenoxy) is 1. The summed E-state index contributed by atoms with van der Waals surface area (Å²) in [4.78, 5) is 15.3. The average Bonchev–Trinajstić information content (AvgIpc) is 2.71. The lowest BCUT2D eigenvalue weighted by molar-refractivity contribution is 0.0687. The van der Waals surface area contributed by atoms with Crippen LogP contribution in [0.3, 0.4) is 0 Å². The highest BCUT2D eigenvalue weighted by molar-refractivity contribution is 5.93. The number of nitrogens with zero attached hydrogens (tertiary/aromatic N) is 2. The molecule has 0 spiro atoms. The highest BCUT2D eigenvalue weighted by atomic mass is 16.5. The maximum absolute atomic E-state index is 11.2. The van der Waals surface area contributed by atoms with E-state index in [0.717, 1.165) is 11.3 Å². The fourth-order valence-electron chi connectivity index (χ4n) is 1.86. The minimum Gasteiger partial charge on any atom is -0.491 e. The Bertz CT molecular complexity index is 585. The number of benzene rings is 1. The van der Waals surface area contributed by atoms with Crippen molar-refractivity contribution in [2.24, 2.45) is 7.05 Å². The molecule has 2 rings (SSSR count). The summed E-state index contributed by atoms with van der Waals surface area (Å²) in [6.45, 7) is 3.91. The summed E-state index contributed by atoms with van der Waals surface area (Å²) in [6, 6.07) is 7.25. The number of hydrogen-bond donors (Lipinski definition) is 1. The van der Waals surface area contributed by atoms with Crippen LogP contribution in [0.5, 0.6) is 5.75 Å². The Hall–Kier alpha value is -2.30. The topological polar surface area (TPSA) is 64.4 Å². The number of carbonyl (C=O) groups is 1. The van der Waals surface area contributed by atoms with E-state index in [1.807, 2.05) is 38.1 Å². The average molecular weight is 260 g/mol. The van der Waals surface area contributed by atoms with Crippen molar-refractivity contribution in [3.8, 4) is 17.0 Å². The van der Waals surface area contributed by atoms with Crippen LogP contribution in [0.1, 0.15) is 24.3 Å². The molecule has 0 aliphatic rings. The molecular formula is C14H16N2O3. The first-order valence-corrected chi connectivity index (χ1v) is 6.00. The van der Waals surface area contributed by atoms with Crippen molar-refractivity contribution in [3.63, 3.8) is 0 Å². The van der Waals surface area contributed by atoms with Gasteiger partial charge in [0.05, 0.1) is 12.4 Å². The third-order valence-electron chi connectivity index (χ3n) is 2.64. The van der Waals surface area contributed by atoms with E-state index in [1.54, 1.807) is 7.05 Å². The van der Waals surface area contributed by atoms with Crippen molar-refractivity contribution in [2.75, 3.05) is 0 Å². The quantitative estimate of drug-likeness (QED) is 0.917. The number of carboxylic acid groups (broad SMARTS) is 1. The van der Waals surface area contributed by atoms with E-state index in [2.05, 4.69) is 4.98 Å². The van der Waals surface area contributed by atoms with Crippen LogP contribution in [0.15, 0.2) is 30.6 Å². The first-order chi connectivity index (χ1) is 8.99. The molecule has 0 aliphatic carbocycles. The van der Waals surface area contributed by atoms with E-state index in [0.29, 0.717) is 5.69 Å². The molecule has 1 N–H and O–H groups in total. The number of aryl methyl sites for hydroxylation is 1. The van der Waals surface area contributed by atoms with E-state index in [-0.39, 0.29) is 11.8 Å². The molecule has 1 aromatic heterocycles. The fraction of sp³-hybridized carbons (Fsp3) is 0.286. The standard InChI is InChI=1S/C14H16N2O3/c1-9(2)19-11-6-4-10(5-7-11)12-13(14(17)18)16(3)8-15-12/h4-9H,1-3H3,(H,17,18). The van der Waals surface area contributed by atoms with E-state index >= 15 is 0 Å². The number of hydrogen-bond acceptors (Lipinski definition) is 3. The lowest BCUT2D eigenvalue weighted by Crippen LogP contribution is -2.06. The molecule has 0 unspecified atom stereocenters. The third kappa shape index (κ3) is 2.76. The summed E-state index contributed by atoms with van der Waals surface area (Å²) in [5, 5.41) is 9.18. The van der Waals surface area contributed by atoms with Gasteiger partial charge in [-0.2, -0.15) is 0 Å². The number of aromatic carboxylic acids is 1. The molecule has 1 heterocycles. The second kappa shape index (κ2) is 5.14. The van der Waals surface area contributed by atoms with Gasteiger partial charge >= 0.3 is 5.97 Å². The van der Waals surface area contributed by atoms with Crippen molar-refractivity contribution < 1.29 is 14.6 Å². The first-order valence-electron chi connectivity index (χ1n) is 6.00. The van der Waals surface area contributed by atoms with Crippen LogP contribution in [0.4, 0.5) is 0 Å². The smallest absolute Gasteiger partial charge is 0.354 e. The fourth-order valence-corrected chi connectivity index (χ4v) is 1.86. The van der Waals surface area contributed by atoms with Gasteiger partial charge in [-0.05, 0) is 38.1 Å². The molecular weight excluding hydrogens is 244 g/mol. The molecule has 0 aliphatic heterocycles. The van der Waals surface area contributed by atoms with Crippen molar-refractivity contribution >= 4 is 5.97 Å². The lowest BCUT2D eigenvalue weighted by atomic mass is 10.1. The molecule has 2 aromatic rings. The van der Waals surface area contributed by atoms with Crippen LogP contribution in [0.2, 0.25) is 0 Å². The monoisotopic (exact) mass is 260 g/mol. The van der Waals surface area contributed by atoms with Crippen LogP contribution < -0.4 is 4.74 Å². The SMILES string of the molecule is CC(C)Oc1ccc(-c2ncn(C)c2C(=O)O)cc1. The minimum atomic E-state index is -0.988. The van der Waals surface area contributed by atoms with Gasteiger partial charge in [0.15, 0.2) is 5.69 Å². The molecule has 0 saturated heterocycles. The second-order valence-corrected chi connectivity index (χ2v) is 4.55. The van der Waals surface area contributed by atoms with Crippen LogP contribution in [0, 0.1) is 0 Å². The number of imidazole rings is 1. The van der Waals surface area contributed by atoms with Gasteiger partial charge in [-0.1, -0.05) is 0 Å². The zero-order chi connectivity index (χ0) is 14.0. The molecule has 0 saturated carbocycles. The van der Waals surface area contributed by atoms with Crippen LogP contribution in [-0.4, -0.2) is 26.7 Å². The largest absolute Gasteiger partial charge is 0.491 e. The summed E-state index contributed by atoms with van der Waals surface area (Å²) in [6.07, 6.45) is 1.60. The normalized spacial score (nSPS) is 10.7. The molecule has 0 radical (unpaired) electrons. The highest BCUT2D eigenvalue weighted by Gasteiger charge is 2.17. The molecule has 0 fully saturated rings. The van der Waals surface area contributed by atoms with E-state index in [4.69, 9.17) is 4.74 Å². The Labute approximate surface area is 111 Å². The molecule has 0 bridgehead atoms. The maximum Gasteiger partial charge on any atom is 0.354 e. The molecule has 0 atom stereocenters. The van der Waals surface area contributed by atoms with Crippen LogP contribution >= 0.6 is 0 Å². The zero-order valence-corrected chi connectivity index (χ0v) is 11.1. The van der Waals surface area contributed by atoms with Gasteiger partial charge in [0.1, 0.15) is 11.4 Å². The summed E-state index contributed by atoms with van der Waals surface area (Å²) >= 11 is 0. The number of carboxylic acids is 1. The van der Waals surface area contributed by atoms with Crippen molar-refractivity contribution in [1.29, 1.82) is 0 Å². The predicted molar refractivity (Wildman–Crippen MR) is 71.4 cm³/mol. The summed E-state index contributed by atoms with van der Waals surface area (Å²) in [7, 11) is 1.66. The lowest BCUT2D eigenvalue weighted by Gasteiger charge is -2.09. The predicted octanol–water partition coefficient (Wildman–Crippen LogP) is 2.57. The summed E-state index contributed by atoms with van der Waals surface area (Å²) in [5.74, 6) is -0.232. The first kappa shape index (κ1) is 13.1. The van der Waals surface area contributed by atoms with Gasteiger partial charge in [-0.25, -0.2) is 9.78 Å². The van der Waals surface area contributed by atoms with Gasteiger partial charge in [-0.15, -0.1) is 0 Å². The van der Waals surface area contributed by atoms with Gasteiger partial charge < -0.3 is 14.4 Å². The van der Waals surface area contributed by atoms with Crippen molar-refractivity contribution in [3.05, 3.63) is 36.3 Å². The Balaban J connectivity index is 2.35. The van der Waals surface area contributed by atoms with Crippen LogP contribution in [-0.2, 0) is 7.05 Å². The Morgan fingerprint density at radius 1 is 1.32 bits per heavy atom. The van der Waals surface area contributed by atoms with E-state index in [9.17, 15) is 9.90 Å². The molecule has 1 aromatic carbocycles. The summed E-state index contributed by atoms with van der Waals surface area (Å²) in [5.41, 5.74) is 1.40. The van der Waals surface area contributed by atoms with E-state index in [1.165, 1.54) is 10.9 Å².